The number of fused-ring (bicyclic) bond motifs is 1. The molecule has 0 spiro atoms. The van der Waals surface area contributed by atoms with Gasteiger partial charge in [0.2, 0.25) is 0 Å². The molecule has 4 rings (SSSR count). The van der Waals surface area contributed by atoms with E-state index < -0.39 is 9.84 Å². The number of carbonyl (C=O) groups excluding carboxylic acids is 1. The Morgan fingerprint density at radius 1 is 1.00 bits per heavy atom. The number of thiazole rings is 1. The van der Waals surface area contributed by atoms with Gasteiger partial charge in [0, 0.05) is 11.8 Å². The number of anilines is 1. The predicted octanol–water partition coefficient (Wildman–Crippen LogP) is 4.33. The molecule has 2 heterocycles. The predicted molar refractivity (Wildman–Crippen MR) is 119 cm³/mol. The highest BCUT2D eigenvalue weighted by molar-refractivity contribution is 7.91. The fraction of sp³-hybridized carbons (Fsp3) is 0.136. The lowest BCUT2D eigenvalue weighted by Crippen LogP contribution is -2.30. The third kappa shape index (κ3) is 4.10. The van der Waals surface area contributed by atoms with Crippen LogP contribution in [0.4, 0.5) is 5.13 Å². The highest BCUT2D eigenvalue weighted by Crippen LogP contribution is 2.30. The van der Waals surface area contributed by atoms with Gasteiger partial charge in [-0.3, -0.25) is 14.7 Å². The van der Waals surface area contributed by atoms with Gasteiger partial charge in [-0.15, -0.1) is 0 Å². The molecule has 0 saturated heterocycles. The molecule has 30 heavy (non-hydrogen) atoms. The number of rotatable bonds is 6. The van der Waals surface area contributed by atoms with E-state index in [-0.39, 0.29) is 23.1 Å². The molecule has 0 unspecified atom stereocenters. The van der Waals surface area contributed by atoms with Crippen LogP contribution in [0.15, 0.2) is 77.8 Å². The van der Waals surface area contributed by atoms with Crippen molar-refractivity contribution in [2.45, 2.75) is 18.4 Å². The lowest BCUT2D eigenvalue weighted by atomic mass is 10.2. The molecule has 0 fully saturated rings. The Labute approximate surface area is 178 Å². The maximum Gasteiger partial charge on any atom is 0.260 e. The van der Waals surface area contributed by atoms with Gasteiger partial charge >= 0.3 is 0 Å². The van der Waals surface area contributed by atoms with E-state index in [9.17, 15) is 13.2 Å². The van der Waals surface area contributed by atoms with E-state index in [1.54, 1.807) is 30.2 Å². The molecular weight excluding hydrogens is 418 g/mol. The summed E-state index contributed by atoms with van der Waals surface area (Å²) in [5, 5.41) is 0.567. The molecule has 0 aliphatic heterocycles. The molecule has 2 aromatic carbocycles. The maximum atomic E-state index is 13.4. The molecule has 8 heteroatoms. The Morgan fingerprint density at radius 2 is 1.73 bits per heavy atom. The SMILES string of the molecule is CCS(=O)(=O)c1ccc(C(=O)N(Cc2ccccn2)c2nc3ccccc3s2)cc1. The van der Waals surface area contributed by atoms with Crippen LogP contribution in [0, 0.1) is 0 Å². The van der Waals surface area contributed by atoms with Crippen LogP contribution >= 0.6 is 11.3 Å². The molecule has 0 saturated carbocycles. The van der Waals surface area contributed by atoms with Crippen molar-refractivity contribution >= 4 is 42.4 Å². The summed E-state index contributed by atoms with van der Waals surface area (Å²) in [6.07, 6.45) is 1.68. The largest absolute Gasteiger partial charge is 0.278 e. The Hall–Kier alpha value is -3.10. The first kappa shape index (κ1) is 20.2. The van der Waals surface area contributed by atoms with E-state index in [1.165, 1.54) is 23.5 Å². The minimum Gasteiger partial charge on any atom is -0.278 e. The van der Waals surface area contributed by atoms with E-state index >= 15 is 0 Å². The Balaban J connectivity index is 1.72. The number of amides is 1. The van der Waals surface area contributed by atoms with E-state index in [0.717, 1.165) is 15.9 Å². The normalized spacial score (nSPS) is 11.5. The van der Waals surface area contributed by atoms with Crippen molar-refractivity contribution < 1.29 is 13.2 Å². The van der Waals surface area contributed by atoms with Crippen molar-refractivity contribution in [3.63, 3.8) is 0 Å². The number of aromatic nitrogens is 2. The lowest BCUT2D eigenvalue weighted by molar-refractivity contribution is 0.0984. The number of pyridine rings is 1. The molecule has 6 nitrogen and oxygen atoms in total. The zero-order valence-corrected chi connectivity index (χ0v) is 17.9. The van der Waals surface area contributed by atoms with Gasteiger partial charge in [0.15, 0.2) is 15.0 Å². The zero-order chi connectivity index (χ0) is 21.1. The van der Waals surface area contributed by atoms with E-state index in [4.69, 9.17) is 0 Å². The molecule has 0 atom stereocenters. The van der Waals surface area contributed by atoms with Crippen LogP contribution in [0.2, 0.25) is 0 Å². The van der Waals surface area contributed by atoms with Crippen LogP contribution < -0.4 is 4.90 Å². The Morgan fingerprint density at radius 3 is 2.40 bits per heavy atom. The molecule has 2 aromatic heterocycles. The molecule has 1 amide bonds. The standard InChI is InChI=1S/C22H19N3O3S2/c1-2-30(27,28)18-12-10-16(11-13-18)21(26)25(15-17-7-5-6-14-23-17)22-24-19-8-3-4-9-20(19)29-22/h3-14H,2,15H2,1H3. The summed E-state index contributed by atoms with van der Waals surface area (Å²) in [6, 6.07) is 19.3. The average molecular weight is 438 g/mol. The molecule has 0 N–H and O–H groups in total. The minimum absolute atomic E-state index is 0.0117. The van der Waals surface area contributed by atoms with Gasteiger partial charge in [0.05, 0.1) is 33.1 Å². The second kappa shape index (κ2) is 8.33. The van der Waals surface area contributed by atoms with Crippen LogP contribution in [0.5, 0.6) is 0 Å². The smallest absolute Gasteiger partial charge is 0.260 e. The highest BCUT2D eigenvalue weighted by atomic mass is 32.2. The third-order valence-electron chi connectivity index (χ3n) is 4.65. The minimum atomic E-state index is -3.32. The zero-order valence-electron chi connectivity index (χ0n) is 16.2. The van der Waals surface area contributed by atoms with Gasteiger partial charge < -0.3 is 0 Å². The van der Waals surface area contributed by atoms with Gasteiger partial charge in [-0.1, -0.05) is 36.5 Å². The monoisotopic (exact) mass is 437 g/mol. The number of hydrogen-bond acceptors (Lipinski definition) is 6. The average Bonchev–Trinajstić information content (AvgIpc) is 3.22. The van der Waals surface area contributed by atoms with E-state index in [0.29, 0.717) is 10.7 Å². The number of sulfone groups is 1. The number of para-hydroxylation sites is 1. The Kier molecular flexibility index (Phi) is 5.61. The molecule has 0 radical (unpaired) electrons. The quantitative estimate of drug-likeness (QED) is 0.448. The highest BCUT2D eigenvalue weighted by Gasteiger charge is 2.23. The molecule has 0 aliphatic carbocycles. The van der Waals surface area contributed by atoms with E-state index in [2.05, 4.69) is 9.97 Å². The van der Waals surface area contributed by atoms with Crippen LogP contribution in [0.25, 0.3) is 10.2 Å². The topological polar surface area (TPSA) is 80.2 Å². The van der Waals surface area contributed by atoms with Crippen molar-refractivity contribution in [2.24, 2.45) is 0 Å². The van der Waals surface area contributed by atoms with Crippen LogP contribution in [-0.2, 0) is 16.4 Å². The number of hydrogen-bond donors (Lipinski definition) is 0. The van der Waals surface area contributed by atoms with Crippen molar-refractivity contribution in [3.8, 4) is 0 Å². The van der Waals surface area contributed by atoms with Gasteiger partial charge in [0.25, 0.3) is 5.91 Å². The fourth-order valence-corrected chi connectivity index (χ4v) is 4.83. The van der Waals surface area contributed by atoms with Crippen molar-refractivity contribution in [3.05, 3.63) is 84.2 Å². The second-order valence-electron chi connectivity index (χ2n) is 6.60. The second-order valence-corrected chi connectivity index (χ2v) is 9.89. The van der Waals surface area contributed by atoms with Crippen LogP contribution in [-0.4, -0.2) is 30.0 Å². The van der Waals surface area contributed by atoms with Gasteiger partial charge in [0.1, 0.15) is 0 Å². The summed E-state index contributed by atoms with van der Waals surface area (Å²) in [5.74, 6) is -0.252. The molecule has 152 valence electrons. The Bertz CT molecular complexity index is 1250. The maximum absolute atomic E-state index is 13.4. The molecule has 0 aliphatic rings. The number of benzene rings is 2. The summed E-state index contributed by atoms with van der Waals surface area (Å²) in [5.41, 5.74) is 1.94. The summed E-state index contributed by atoms with van der Waals surface area (Å²) >= 11 is 1.43. The summed E-state index contributed by atoms with van der Waals surface area (Å²) in [7, 11) is -3.32. The molecule has 4 aromatic rings. The van der Waals surface area contributed by atoms with Gasteiger partial charge in [-0.2, -0.15) is 0 Å². The van der Waals surface area contributed by atoms with Crippen molar-refractivity contribution in [1.29, 1.82) is 0 Å². The lowest BCUT2D eigenvalue weighted by Gasteiger charge is -2.19. The van der Waals surface area contributed by atoms with Crippen LogP contribution in [0.1, 0.15) is 23.0 Å². The number of carbonyl (C=O) groups is 1. The van der Waals surface area contributed by atoms with Crippen molar-refractivity contribution in [1.82, 2.24) is 9.97 Å². The summed E-state index contributed by atoms with van der Waals surface area (Å²) in [4.78, 5) is 24.1. The first-order chi connectivity index (χ1) is 14.5. The summed E-state index contributed by atoms with van der Waals surface area (Å²) in [6.45, 7) is 1.85. The molecular formula is C22H19N3O3S2. The van der Waals surface area contributed by atoms with Gasteiger partial charge in [-0.25, -0.2) is 13.4 Å². The number of nitrogens with zero attached hydrogens (tertiary/aromatic N) is 3. The molecule has 0 bridgehead atoms. The van der Waals surface area contributed by atoms with E-state index in [1.807, 2.05) is 42.5 Å². The van der Waals surface area contributed by atoms with Crippen LogP contribution in [0.3, 0.4) is 0 Å². The van der Waals surface area contributed by atoms with Gasteiger partial charge in [-0.05, 0) is 48.5 Å². The first-order valence-electron chi connectivity index (χ1n) is 9.38. The van der Waals surface area contributed by atoms with Crippen molar-refractivity contribution in [2.75, 3.05) is 10.7 Å². The summed E-state index contributed by atoms with van der Waals surface area (Å²) < 4.78 is 25.1. The third-order valence-corrected chi connectivity index (χ3v) is 7.46. The fourth-order valence-electron chi connectivity index (χ4n) is 2.98. The first-order valence-corrected chi connectivity index (χ1v) is 11.8.